The van der Waals surface area contributed by atoms with E-state index >= 15 is 0 Å². The van der Waals surface area contributed by atoms with Gasteiger partial charge in [-0.05, 0) is 13.5 Å². The summed E-state index contributed by atoms with van der Waals surface area (Å²) in [6.07, 6.45) is 6.72. The molecule has 3 nitrogen and oxygen atoms in total. The molecule has 3 heteroatoms. The van der Waals surface area contributed by atoms with Crippen molar-refractivity contribution in [2.45, 2.75) is 45.4 Å². The molecule has 0 aromatic heterocycles. The maximum absolute atomic E-state index is 11.2. The highest BCUT2D eigenvalue weighted by Gasteiger charge is 1.98. The fourth-order valence-electron chi connectivity index (χ4n) is 1.30. The topological polar surface area (TPSA) is 41.1 Å². The number of hydrogen-bond acceptors (Lipinski definition) is 2. The van der Waals surface area contributed by atoms with Crippen LogP contribution in [0.5, 0.6) is 0 Å². The minimum atomic E-state index is 0.191. The molecule has 84 valence electrons. The molecule has 2 N–H and O–H groups in total. The van der Waals surface area contributed by atoms with Crippen LogP contribution in [0, 0.1) is 0 Å². The monoisotopic (exact) mass is 200 g/mol. The van der Waals surface area contributed by atoms with Crippen molar-refractivity contribution in [1.29, 1.82) is 0 Å². The SMILES string of the molecule is CCCCCCCC(=O)NCCNC. The number of hydrogen-bond donors (Lipinski definition) is 2. The Balaban J connectivity index is 3.10. The molecule has 0 saturated carbocycles. The van der Waals surface area contributed by atoms with E-state index in [0.717, 1.165) is 19.5 Å². The molecule has 14 heavy (non-hydrogen) atoms. The normalized spacial score (nSPS) is 10.1. The smallest absolute Gasteiger partial charge is 0.220 e. The van der Waals surface area contributed by atoms with E-state index in [1.54, 1.807) is 0 Å². The van der Waals surface area contributed by atoms with Gasteiger partial charge < -0.3 is 10.6 Å². The van der Waals surface area contributed by atoms with E-state index in [1.807, 2.05) is 7.05 Å². The third kappa shape index (κ3) is 9.52. The highest BCUT2D eigenvalue weighted by atomic mass is 16.1. The fourth-order valence-corrected chi connectivity index (χ4v) is 1.30. The van der Waals surface area contributed by atoms with Crippen molar-refractivity contribution in [2.24, 2.45) is 0 Å². The summed E-state index contributed by atoms with van der Waals surface area (Å²) in [6.45, 7) is 3.79. The van der Waals surface area contributed by atoms with E-state index in [9.17, 15) is 4.79 Å². The molecule has 0 bridgehead atoms. The van der Waals surface area contributed by atoms with Crippen LogP contribution in [0.3, 0.4) is 0 Å². The molecule has 0 aliphatic heterocycles. The Bertz CT molecular complexity index is 137. The van der Waals surface area contributed by atoms with Crippen LogP contribution >= 0.6 is 0 Å². The van der Waals surface area contributed by atoms with Gasteiger partial charge in [0.15, 0.2) is 0 Å². The van der Waals surface area contributed by atoms with Crippen LogP contribution in [-0.2, 0) is 4.79 Å². The Morgan fingerprint density at radius 1 is 1.07 bits per heavy atom. The maximum Gasteiger partial charge on any atom is 0.220 e. The van der Waals surface area contributed by atoms with Crippen molar-refractivity contribution in [3.63, 3.8) is 0 Å². The van der Waals surface area contributed by atoms with E-state index < -0.39 is 0 Å². The summed E-state index contributed by atoms with van der Waals surface area (Å²) in [5, 5.41) is 5.87. The number of carbonyl (C=O) groups is 1. The summed E-state index contributed by atoms with van der Waals surface area (Å²) in [6, 6.07) is 0. The van der Waals surface area contributed by atoms with Crippen LogP contribution in [0.2, 0.25) is 0 Å². The third-order valence-electron chi connectivity index (χ3n) is 2.20. The lowest BCUT2D eigenvalue weighted by molar-refractivity contribution is -0.121. The van der Waals surface area contributed by atoms with Gasteiger partial charge in [0.1, 0.15) is 0 Å². The molecule has 0 aliphatic rings. The van der Waals surface area contributed by atoms with Crippen molar-refractivity contribution >= 4 is 5.91 Å². The third-order valence-corrected chi connectivity index (χ3v) is 2.20. The predicted molar refractivity (Wildman–Crippen MR) is 60.3 cm³/mol. The van der Waals surface area contributed by atoms with Crippen molar-refractivity contribution < 1.29 is 4.79 Å². The number of unbranched alkanes of at least 4 members (excludes halogenated alkanes) is 4. The first kappa shape index (κ1) is 13.4. The van der Waals surface area contributed by atoms with E-state index in [2.05, 4.69) is 17.6 Å². The Labute approximate surface area is 87.6 Å². The molecule has 0 atom stereocenters. The molecule has 0 heterocycles. The van der Waals surface area contributed by atoms with Crippen LogP contribution < -0.4 is 10.6 Å². The molecule has 0 spiro atoms. The summed E-state index contributed by atoms with van der Waals surface area (Å²) in [4.78, 5) is 11.2. The Hall–Kier alpha value is -0.570. The lowest BCUT2D eigenvalue weighted by Crippen LogP contribution is -2.30. The van der Waals surface area contributed by atoms with E-state index in [4.69, 9.17) is 0 Å². The lowest BCUT2D eigenvalue weighted by atomic mass is 10.1. The van der Waals surface area contributed by atoms with E-state index in [-0.39, 0.29) is 5.91 Å². The van der Waals surface area contributed by atoms with Crippen molar-refractivity contribution in [1.82, 2.24) is 10.6 Å². The molecular weight excluding hydrogens is 176 g/mol. The highest BCUT2D eigenvalue weighted by molar-refractivity contribution is 5.75. The minimum absolute atomic E-state index is 0.191. The summed E-state index contributed by atoms with van der Waals surface area (Å²) in [5.74, 6) is 0.191. The number of carbonyl (C=O) groups excluding carboxylic acids is 1. The van der Waals surface area contributed by atoms with Crippen molar-refractivity contribution in [2.75, 3.05) is 20.1 Å². The lowest BCUT2D eigenvalue weighted by Gasteiger charge is -2.04. The van der Waals surface area contributed by atoms with E-state index in [0.29, 0.717) is 6.42 Å². The van der Waals surface area contributed by atoms with Crippen LogP contribution in [-0.4, -0.2) is 26.0 Å². The van der Waals surface area contributed by atoms with Gasteiger partial charge in [-0.3, -0.25) is 4.79 Å². The predicted octanol–water partition coefficient (Wildman–Crippen LogP) is 1.68. The second kappa shape index (κ2) is 10.5. The van der Waals surface area contributed by atoms with Crippen molar-refractivity contribution in [3.05, 3.63) is 0 Å². The van der Waals surface area contributed by atoms with Gasteiger partial charge in [-0.1, -0.05) is 32.6 Å². The standard InChI is InChI=1S/C11H24N2O/c1-3-4-5-6-7-8-11(14)13-10-9-12-2/h12H,3-10H2,1-2H3,(H,13,14). The van der Waals surface area contributed by atoms with Gasteiger partial charge in [0.2, 0.25) is 5.91 Å². The average Bonchev–Trinajstić information content (AvgIpc) is 2.18. The molecule has 0 unspecified atom stereocenters. The molecule has 0 radical (unpaired) electrons. The van der Waals surface area contributed by atoms with Gasteiger partial charge in [0.25, 0.3) is 0 Å². The van der Waals surface area contributed by atoms with Gasteiger partial charge in [-0.15, -0.1) is 0 Å². The highest BCUT2D eigenvalue weighted by Crippen LogP contribution is 2.04. The van der Waals surface area contributed by atoms with Crippen LogP contribution in [0.15, 0.2) is 0 Å². The first-order valence-corrected chi connectivity index (χ1v) is 5.72. The molecule has 0 fully saturated rings. The first-order chi connectivity index (χ1) is 6.81. The largest absolute Gasteiger partial charge is 0.355 e. The number of likely N-dealkylation sites (N-methyl/N-ethyl adjacent to an activating group) is 1. The second-order valence-electron chi connectivity index (χ2n) is 3.62. The Morgan fingerprint density at radius 3 is 2.43 bits per heavy atom. The maximum atomic E-state index is 11.2. The Morgan fingerprint density at radius 2 is 1.79 bits per heavy atom. The average molecular weight is 200 g/mol. The quantitative estimate of drug-likeness (QED) is 0.556. The van der Waals surface area contributed by atoms with Gasteiger partial charge in [0, 0.05) is 19.5 Å². The molecule has 1 amide bonds. The molecule has 0 aromatic rings. The number of rotatable bonds is 9. The Kier molecular flexibility index (Phi) is 10.1. The fraction of sp³-hybridized carbons (Fsp3) is 0.909. The first-order valence-electron chi connectivity index (χ1n) is 5.72. The van der Waals surface area contributed by atoms with E-state index in [1.165, 1.54) is 25.7 Å². The van der Waals surface area contributed by atoms with Gasteiger partial charge >= 0.3 is 0 Å². The van der Waals surface area contributed by atoms with Gasteiger partial charge in [0.05, 0.1) is 0 Å². The summed E-state index contributed by atoms with van der Waals surface area (Å²) in [5.41, 5.74) is 0. The van der Waals surface area contributed by atoms with Crippen LogP contribution in [0.25, 0.3) is 0 Å². The number of nitrogens with one attached hydrogen (secondary N) is 2. The second-order valence-corrected chi connectivity index (χ2v) is 3.62. The van der Waals surface area contributed by atoms with Gasteiger partial charge in [-0.25, -0.2) is 0 Å². The number of amides is 1. The van der Waals surface area contributed by atoms with Crippen LogP contribution in [0.1, 0.15) is 45.4 Å². The van der Waals surface area contributed by atoms with Crippen LogP contribution in [0.4, 0.5) is 0 Å². The zero-order chi connectivity index (χ0) is 10.6. The summed E-state index contributed by atoms with van der Waals surface area (Å²) in [7, 11) is 1.89. The molecule has 0 saturated heterocycles. The summed E-state index contributed by atoms with van der Waals surface area (Å²) < 4.78 is 0. The molecular formula is C11H24N2O. The molecule has 0 aromatic carbocycles. The summed E-state index contributed by atoms with van der Waals surface area (Å²) >= 11 is 0. The molecule has 0 rings (SSSR count). The zero-order valence-corrected chi connectivity index (χ0v) is 9.57. The molecule has 0 aliphatic carbocycles. The zero-order valence-electron chi connectivity index (χ0n) is 9.57. The van der Waals surface area contributed by atoms with Crippen molar-refractivity contribution in [3.8, 4) is 0 Å². The van der Waals surface area contributed by atoms with Gasteiger partial charge in [-0.2, -0.15) is 0 Å². The minimum Gasteiger partial charge on any atom is -0.355 e.